The number of carboxylic acid groups (broad SMARTS) is 2. The van der Waals surface area contributed by atoms with Crippen molar-refractivity contribution >= 4 is 19.6 Å². The highest BCUT2D eigenvalue weighted by Crippen LogP contribution is 1.94. The van der Waals surface area contributed by atoms with Gasteiger partial charge in [0.1, 0.15) is 6.04 Å². The van der Waals surface area contributed by atoms with Crippen molar-refractivity contribution in [3.05, 3.63) is 0 Å². The first-order valence-electron chi connectivity index (χ1n) is 3.88. The van der Waals surface area contributed by atoms with E-state index in [1.165, 1.54) is 7.05 Å². The summed E-state index contributed by atoms with van der Waals surface area (Å²) in [6.45, 7) is -1.00. The summed E-state index contributed by atoms with van der Waals surface area (Å²) in [5.74, 6) is -2.36. The van der Waals surface area contributed by atoms with Gasteiger partial charge in [0.2, 0.25) is 0 Å². The normalized spacial score (nSPS) is 11.3. The summed E-state index contributed by atoms with van der Waals surface area (Å²) in [7, 11) is 0.573. The highest BCUT2D eigenvalue weighted by molar-refractivity contribution is 6.13. The van der Waals surface area contributed by atoms with E-state index in [4.69, 9.17) is 25.4 Å². The van der Waals surface area contributed by atoms with Crippen molar-refractivity contribution in [3.8, 4) is 0 Å². The van der Waals surface area contributed by atoms with Crippen LogP contribution < -0.4 is 0 Å². The Kier molecular flexibility index (Phi) is 10.2. The van der Waals surface area contributed by atoms with Gasteiger partial charge in [-0.15, -0.1) is 0 Å². The molecule has 15 heavy (non-hydrogen) atoms. The Morgan fingerprint density at radius 2 is 1.73 bits per heavy atom. The molecule has 0 aromatic carbocycles. The maximum Gasteiger partial charge on any atom is 0.432 e. The second-order valence-electron chi connectivity index (χ2n) is 2.49. The predicted octanol–water partition coefficient (Wildman–Crippen LogP) is -3.31. The molecule has 0 radical (unpaired) electrons. The Morgan fingerprint density at radius 1 is 1.33 bits per heavy atom. The van der Waals surface area contributed by atoms with Gasteiger partial charge in [0.25, 0.3) is 0 Å². The van der Waals surface area contributed by atoms with Gasteiger partial charge in [0.05, 0.1) is 13.2 Å². The highest BCUT2D eigenvalue weighted by atomic mass is 16.4. The van der Waals surface area contributed by atoms with E-state index in [-0.39, 0.29) is 0 Å². The van der Waals surface area contributed by atoms with Crippen LogP contribution in [0.4, 0.5) is 0 Å². The second kappa shape index (κ2) is 9.40. The first-order valence-corrected chi connectivity index (χ1v) is 3.88. The van der Waals surface area contributed by atoms with Crippen LogP contribution in [0.2, 0.25) is 0 Å². The maximum absolute atomic E-state index is 10.4. The molecule has 9 heteroatoms. The molecule has 0 bridgehead atoms. The SMILES string of the molecule is CN(CC(=O)O)C(CO)C(=O)O.OBO. The molecule has 0 heterocycles. The third-order valence-electron chi connectivity index (χ3n) is 1.37. The zero-order valence-electron chi connectivity index (χ0n) is 8.20. The summed E-state index contributed by atoms with van der Waals surface area (Å²) in [6, 6.07) is -1.15. The Hall–Kier alpha value is -1.16. The summed E-state index contributed by atoms with van der Waals surface area (Å²) in [5, 5.41) is 39.6. The van der Waals surface area contributed by atoms with Crippen molar-refractivity contribution in [2.45, 2.75) is 6.04 Å². The average molecular weight is 223 g/mol. The quantitative estimate of drug-likeness (QED) is 0.305. The smallest absolute Gasteiger partial charge is 0.432 e. The second-order valence-corrected chi connectivity index (χ2v) is 2.49. The minimum Gasteiger partial charge on any atom is -0.480 e. The number of nitrogens with zero attached hydrogens (tertiary/aromatic N) is 1. The molecule has 0 saturated carbocycles. The molecule has 0 aromatic rings. The van der Waals surface area contributed by atoms with Crippen molar-refractivity contribution in [1.29, 1.82) is 0 Å². The van der Waals surface area contributed by atoms with Crippen LogP contribution in [0.25, 0.3) is 0 Å². The lowest BCUT2D eigenvalue weighted by atomic mass is 10.3. The first kappa shape index (κ1) is 16.3. The molecule has 0 aliphatic carbocycles. The summed E-state index contributed by atoms with van der Waals surface area (Å²) in [5.41, 5.74) is 0. The van der Waals surface area contributed by atoms with Crippen LogP contribution in [0, 0.1) is 0 Å². The molecular weight excluding hydrogens is 209 g/mol. The van der Waals surface area contributed by atoms with Crippen molar-refractivity contribution in [2.24, 2.45) is 0 Å². The minimum atomic E-state index is -1.23. The molecule has 1 atom stereocenters. The van der Waals surface area contributed by atoms with Gasteiger partial charge in [-0.25, -0.2) is 0 Å². The molecule has 0 spiro atoms. The van der Waals surface area contributed by atoms with E-state index in [9.17, 15) is 9.59 Å². The van der Waals surface area contributed by atoms with Crippen LogP contribution in [0.1, 0.15) is 0 Å². The number of hydrogen-bond donors (Lipinski definition) is 5. The third kappa shape index (κ3) is 9.16. The number of carbonyl (C=O) groups is 2. The molecule has 0 saturated heterocycles. The summed E-state index contributed by atoms with van der Waals surface area (Å²) in [6.07, 6.45) is 0. The molecule has 8 nitrogen and oxygen atoms in total. The van der Waals surface area contributed by atoms with E-state index in [2.05, 4.69) is 0 Å². The van der Waals surface area contributed by atoms with Crippen molar-refractivity contribution in [2.75, 3.05) is 20.2 Å². The number of aliphatic hydroxyl groups is 1. The molecule has 0 rings (SSSR count). The molecule has 5 N–H and O–H groups in total. The molecule has 1 unspecified atom stereocenters. The Morgan fingerprint density at radius 3 is 1.93 bits per heavy atom. The van der Waals surface area contributed by atoms with Gasteiger partial charge in [-0.1, -0.05) is 0 Å². The van der Waals surface area contributed by atoms with Crippen LogP contribution in [0.5, 0.6) is 0 Å². The molecule has 0 fully saturated rings. The minimum absolute atomic E-state index is 0.405. The van der Waals surface area contributed by atoms with E-state index in [0.717, 1.165) is 4.90 Å². The monoisotopic (exact) mass is 223 g/mol. The van der Waals surface area contributed by atoms with E-state index in [1.54, 1.807) is 0 Å². The molecular formula is C6H14BNO7. The van der Waals surface area contributed by atoms with Gasteiger partial charge in [0.15, 0.2) is 0 Å². The van der Waals surface area contributed by atoms with Gasteiger partial charge in [0, 0.05) is 0 Å². The summed E-state index contributed by atoms with van der Waals surface area (Å²) in [4.78, 5) is 21.5. The van der Waals surface area contributed by atoms with Gasteiger partial charge >= 0.3 is 19.6 Å². The number of aliphatic carboxylic acids is 2. The Labute approximate surface area is 86.7 Å². The average Bonchev–Trinajstić information content (AvgIpc) is 2.03. The molecule has 0 aromatic heterocycles. The number of carboxylic acids is 2. The summed E-state index contributed by atoms with van der Waals surface area (Å²) >= 11 is 0. The van der Waals surface area contributed by atoms with E-state index >= 15 is 0 Å². The van der Waals surface area contributed by atoms with Gasteiger partial charge in [-0.2, -0.15) is 0 Å². The van der Waals surface area contributed by atoms with Crippen molar-refractivity contribution in [1.82, 2.24) is 4.90 Å². The van der Waals surface area contributed by atoms with Crippen LogP contribution in [-0.4, -0.2) is 76.1 Å². The van der Waals surface area contributed by atoms with Gasteiger partial charge < -0.3 is 25.4 Å². The van der Waals surface area contributed by atoms with Crippen LogP contribution in [-0.2, 0) is 9.59 Å². The van der Waals surface area contributed by atoms with Crippen LogP contribution >= 0.6 is 0 Å². The Bertz CT molecular complexity index is 200. The predicted molar refractivity (Wildman–Crippen MR) is 50.4 cm³/mol. The largest absolute Gasteiger partial charge is 0.480 e. The number of hydrogen-bond acceptors (Lipinski definition) is 6. The lowest BCUT2D eigenvalue weighted by molar-refractivity contribution is -0.146. The fourth-order valence-corrected chi connectivity index (χ4v) is 0.730. The van der Waals surface area contributed by atoms with Crippen LogP contribution in [0.3, 0.4) is 0 Å². The number of likely N-dealkylation sites (N-methyl/N-ethyl adjacent to an activating group) is 1. The first-order chi connectivity index (χ1) is 6.90. The maximum atomic E-state index is 10.4. The number of rotatable bonds is 5. The lowest BCUT2D eigenvalue weighted by Gasteiger charge is -2.20. The van der Waals surface area contributed by atoms with Crippen LogP contribution in [0.15, 0.2) is 0 Å². The fourth-order valence-electron chi connectivity index (χ4n) is 0.730. The topological polar surface area (TPSA) is 139 Å². The number of aliphatic hydroxyl groups excluding tert-OH is 1. The zero-order valence-corrected chi connectivity index (χ0v) is 8.20. The van der Waals surface area contributed by atoms with E-state index < -0.39 is 38.8 Å². The third-order valence-corrected chi connectivity index (χ3v) is 1.37. The zero-order chi connectivity index (χ0) is 12.4. The van der Waals surface area contributed by atoms with E-state index in [1.807, 2.05) is 0 Å². The molecule has 0 amide bonds. The highest BCUT2D eigenvalue weighted by Gasteiger charge is 2.22. The van der Waals surface area contributed by atoms with Gasteiger partial charge in [-0.05, 0) is 7.05 Å². The standard InChI is InChI=1S/C6H11NO5.BH3O2/c1-7(2-5(9)10)4(3-8)6(11)12;2-1-3/h4,8H,2-3H2,1H3,(H,9,10)(H,11,12);1-3H. The Balaban J connectivity index is 0. The molecule has 0 aliphatic heterocycles. The van der Waals surface area contributed by atoms with Crippen molar-refractivity contribution in [3.63, 3.8) is 0 Å². The van der Waals surface area contributed by atoms with Crippen molar-refractivity contribution < 1.29 is 35.0 Å². The lowest BCUT2D eigenvalue weighted by Crippen LogP contribution is -2.43. The van der Waals surface area contributed by atoms with Gasteiger partial charge in [-0.3, -0.25) is 14.5 Å². The summed E-state index contributed by atoms with van der Waals surface area (Å²) < 4.78 is 0. The molecule has 0 aliphatic rings. The fraction of sp³-hybridized carbons (Fsp3) is 0.667. The van der Waals surface area contributed by atoms with E-state index in [0.29, 0.717) is 0 Å². The molecule has 88 valence electrons.